The first kappa shape index (κ1) is 17.3. The molecule has 3 rings (SSSR count). The van der Waals surface area contributed by atoms with Crippen LogP contribution in [0.4, 0.5) is 0 Å². The molecule has 2 saturated heterocycles. The van der Waals surface area contributed by atoms with Crippen LogP contribution in [0.1, 0.15) is 44.4 Å². The molecule has 0 radical (unpaired) electrons. The second kappa shape index (κ2) is 8.04. The maximum absolute atomic E-state index is 12.4. The van der Waals surface area contributed by atoms with E-state index in [9.17, 15) is 4.79 Å². The molecule has 1 amide bonds. The molecule has 0 unspecified atom stereocenters. The van der Waals surface area contributed by atoms with Gasteiger partial charge in [0.25, 0.3) is 0 Å². The largest absolute Gasteiger partial charge is 0.376 e. The molecule has 2 fully saturated rings. The molecule has 0 bridgehead atoms. The lowest BCUT2D eigenvalue weighted by molar-refractivity contribution is -0.130. The summed E-state index contributed by atoms with van der Waals surface area (Å²) in [6, 6.07) is -0.206. The molecule has 0 aromatic carbocycles. The van der Waals surface area contributed by atoms with E-state index in [4.69, 9.17) is 9.47 Å². The van der Waals surface area contributed by atoms with Gasteiger partial charge in [-0.25, -0.2) is 4.98 Å². The fourth-order valence-corrected chi connectivity index (χ4v) is 3.12. The number of rotatable bonds is 6. The molecule has 8 nitrogen and oxygen atoms in total. The van der Waals surface area contributed by atoms with Crippen molar-refractivity contribution in [3.63, 3.8) is 0 Å². The predicted molar refractivity (Wildman–Crippen MR) is 87.5 cm³/mol. The number of hydrogen-bond acceptors (Lipinski definition) is 6. The van der Waals surface area contributed by atoms with Crippen LogP contribution in [-0.4, -0.2) is 71.0 Å². The maximum Gasteiger partial charge on any atom is 0.237 e. The van der Waals surface area contributed by atoms with Crippen LogP contribution >= 0.6 is 0 Å². The number of ether oxygens (including phenoxy) is 2. The van der Waals surface area contributed by atoms with E-state index in [1.54, 1.807) is 0 Å². The van der Waals surface area contributed by atoms with Crippen LogP contribution < -0.4 is 5.32 Å². The highest BCUT2D eigenvalue weighted by Gasteiger charge is 2.31. The van der Waals surface area contributed by atoms with Gasteiger partial charge in [-0.2, -0.15) is 5.10 Å². The van der Waals surface area contributed by atoms with Gasteiger partial charge in [0.15, 0.2) is 5.82 Å². The highest BCUT2D eigenvalue weighted by Crippen LogP contribution is 2.21. The smallest absolute Gasteiger partial charge is 0.237 e. The van der Waals surface area contributed by atoms with Crippen molar-refractivity contribution in [2.24, 2.45) is 0 Å². The van der Waals surface area contributed by atoms with E-state index in [2.05, 4.69) is 25.4 Å². The van der Waals surface area contributed by atoms with Gasteiger partial charge in [-0.1, -0.05) is 6.92 Å². The van der Waals surface area contributed by atoms with E-state index in [0.717, 1.165) is 38.2 Å². The molecule has 1 aromatic rings. The number of morpholine rings is 1. The van der Waals surface area contributed by atoms with Crippen LogP contribution in [0.25, 0.3) is 0 Å². The van der Waals surface area contributed by atoms with Crippen molar-refractivity contribution in [2.75, 3.05) is 32.8 Å². The van der Waals surface area contributed by atoms with Gasteiger partial charge in [-0.05, 0) is 19.8 Å². The molecule has 24 heavy (non-hydrogen) atoms. The van der Waals surface area contributed by atoms with Crippen molar-refractivity contribution in [3.8, 4) is 0 Å². The molecule has 0 aliphatic carbocycles. The van der Waals surface area contributed by atoms with E-state index in [1.165, 1.54) is 0 Å². The lowest BCUT2D eigenvalue weighted by Crippen LogP contribution is -2.51. The number of nitrogens with one attached hydrogen (secondary N) is 2. The molecule has 2 N–H and O–H groups in total. The fraction of sp³-hybridized carbons (Fsp3) is 0.812. The Balaban J connectivity index is 1.51. The molecular weight excluding hydrogens is 310 g/mol. The zero-order valence-electron chi connectivity index (χ0n) is 14.5. The van der Waals surface area contributed by atoms with Gasteiger partial charge in [0.1, 0.15) is 11.9 Å². The van der Waals surface area contributed by atoms with Gasteiger partial charge >= 0.3 is 0 Å². The lowest BCUT2D eigenvalue weighted by atomic mass is 10.2. The maximum atomic E-state index is 12.4. The molecule has 1 aromatic heterocycles. The van der Waals surface area contributed by atoms with Crippen molar-refractivity contribution < 1.29 is 14.3 Å². The van der Waals surface area contributed by atoms with Crippen molar-refractivity contribution >= 4 is 5.91 Å². The van der Waals surface area contributed by atoms with Crippen molar-refractivity contribution in [1.29, 1.82) is 0 Å². The van der Waals surface area contributed by atoms with Gasteiger partial charge in [-0.3, -0.25) is 14.8 Å². The Hall–Kier alpha value is -1.51. The van der Waals surface area contributed by atoms with Crippen LogP contribution in [0, 0.1) is 0 Å². The summed E-state index contributed by atoms with van der Waals surface area (Å²) in [6.07, 6.45) is 2.89. The Labute approximate surface area is 142 Å². The number of nitrogens with zero attached hydrogens (tertiary/aromatic N) is 3. The summed E-state index contributed by atoms with van der Waals surface area (Å²) in [5, 5.41) is 10.2. The van der Waals surface area contributed by atoms with Crippen molar-refractivity contribution in [2.45, 2.75) is 51.4 Å². The molecule has 8 heteroatoms. The molecule has 0 spiro atoms. The van der Waals surface area contributed by atoms with Crippen LogP contribution in [0.15, 0.2) is 0 Å². The summed E-state index contributed by atoms with van der Waals surface area (Å²) < 4.78 is 11.3. The summed E-state index contributed by atoms with van der Waals surface area (Å²) in [7, 11) is 0. The summed E-state index contributed by atoms with van der Waals surface area (Å²) in [5.74, 6) is 1.56. The first-order valence-corrected chi connectivity index (χ1v) is 8.83. The zero-order valence-corrected chi connectivity index (χ0v) is 14.5. The van der Waals surface area contributed by atoms with Gasteiger partial charge < -0.3 is 14.8 Å². The third kappa shape index (κ3) is 4.12. The van der Waals surface area contributed by atoms with E-state index in [0.29, 0.717) is 25.5 Å². The molecular formula is C16H27N5O3. The number of hydrogen-bond donors (Lipinski definition) is 2. The Bertz CT molecular complexity index is 544. The van der Waals surface area contributed by atoms with Gasteiger partial charge in [-0.15, -0.1) is 0 Å². The topological polar surface area (TPSA) is 92.4 Å². The summed E-state index contributed by atoms with van der Waals surface area (Å²) in [5.41, 5.74) is 0. The van der Waals surface area contributed by atoms with E-state index in [1.807, 2.05) is 13.8 Å². The Morgan fingerprint density at radius 3 is 3.04 bits per heavy atom. The fourth-order valence-electron chi connectivity index (χ4n) is 3.12. The summed E-state index contributed by atoms with van der Waals surface area (Å²) >= 11 is 0. The third-order valence-corrected chi connectivity index (χ3v) is 4.72. The molecule has 0 saturated carbocycles. The molecule has 3 atom stereocenters. The first-order valence-electron chi connectivity index (χ1n) is 8.83. The average Bonchev–Trinajstić information content (AvgIpc) is 3.30. The van der Waals surface area contributed by atoms with E-state index < -0.39 is 0 Å². The number of carbonyl (C=O) groups excluding carboxylic acids is 1. The number of aromatic amines is 1. The monoisotopic (exact) mass is 337 g/mol. The first-order chi connectivity index (χ1) is 11.7. The Kier molecular flexibility index (Phi) is 5.80. The van der Waals surface area contributed by atoms with E-state index in [-0.39, 0.29) is 24.2 Å². The second-order valence-electron chi connectivity index (χ2n) is 6.40. The Morgan fingerprint density at radius 2 is 2.33 bits per heavy atom. The van der Waals surface area contributed by atoms with Crippen LogP contribution in [-0.2, 0) is 20.7 Å². The lowest BCUT2D eigenvalue weighted by Gasteiger charge is -2.35. The highest BCUT2D eigenvalue weighted by molar-refractivity contribution is 5.81. The SMILES string of the molecule is CCc1nc([C@@H]2CN([C@H](C)C(=O)NC[C@@H]3CCCO3)CCO2)n[nH]1. The minimum absolute atomic E-state index is 0.0374. The quantitative estimate of drug-likeness (QED) is 0.782. The standard InChI is InChI=1S/C16H27N5O3/c1-3-14-18-15(20-19-14)13-10-21(6-8-24-13)11(2)16(22)17-9-12-5-4-7-23-12/h11-13H,3-10H2,1-2H3,(H,17,22)(H,18,19,20)/t11-,12+,13+/m1/s1. The number of aromatic nitrogens is 3. The molecule has 3 heterocycles. The normalized spacial score (nSPS) is 26.4. The second-order valence-corrected chi connectivity index (χ2v) is 6.40. The highest BCUT2D eigenvalue weighted by atomic mass is 16.5. The van der Waals surface area contributed by atoms with Crippen LogP contribution in [0.5, 0.6) is 0 Å². The minimum atomic E-state index is -0.206. The number of amides is 1. The summed E-state index contributed by atoms with van der Waals surface area (Å²) in [4.78, 5) is 19.0. The number of H-pyrrole nitrogens is 1. The Morgan fingerprint density at radius 1 is 1.46 bits per heavy atom. The van der Waals surface area contributed by atoms with Crippen molar-refractivity contribution in [1.82, 2.24) is 25.4 Å². The van der Waals surface area contributed by atoms with Gasteiger partial charge in [0.2, 0.25) is 5.91 Å². The van der Waals surface area contributed by atoms with Gasteiger partial charge in [0.05, 0.1) is 18.8 Å². The number of aryl methyl sites for hydroxylation is 1. The van der Waals surface area contributed by atoms with E-state index >= 15 is 0 Å². The zero-order chi connectivity index (χ0) is 16.9. The van der Waals surface area contributed by atoms with Crippen LogP contribution in [0.2, 0.25) is 0 Å². The number of carbonyl (C=O) groups is 1. The van der Waals surface area contributed by atoms with Crippen molar-refractivity contribution in [3.05, 3.63) is 11.6 Å². The average molecular weight is 337 g/mol. The van der Waals surface area contributed by atoms with Gasteiger partial charge in [0, 0.05) is 32.7 Å². The molecule has 2 aliphatic heterocycles. The third-order valence-electron chi connectivity index (χ3n) is 4.72. The molecule has 2 aliphatic rings. The van der Waals surface area contributed by atoms with Crippen LogP contribution in [0.3, 0.4) is 0 Å². The molecule has 134 valence electrons. The summed E-state index contributed by atoms with van der Waals surface area (Å²) in [6.45, 7) is 7.28. The minimum Gasteiger partial charge on any atom is -0.376 e. The predicted octanol–water partition coefficient (Wildman–Crippen LogP) is 0.424.